The minimum atomic E-state index is -3.86. The van der Waals surface area contributed by atoms with Crippen LogP contribution in [0.15, 0.2) is 0 Å². The third kappa shape index (κ3) is 10.1. The first kappa shape index (κ1) is 13.2. The second-order valence-electron chi connectivity index (χ2n) is 2.55. The Morgan fingerprint density at radius 2 is 2.00 bits per heavy atom. The summed E-state index contributed by atoms with van der Waals surface area (Å²) in [5.41, 5.74) is 0. The predicted octanol–water partition coefficient (Wildman–Crippen LogP) is -0.649. The molecule has 0 aromatic rings. The van der Waals surface area contributed by atoms with Crippen LogP contribution in [-0.2, 0) is 10.1 Å². The van der Waals surface area contributed by atoms with Gasteiger partial charge >= 0.3 is 0 Å². The quantitative estimate of drug-likeness (QED) is 0.397. The second kappa shape index (κ2) is 6.61. The third-order valence-corrected chi connectivity index (χ3v) is 3.21. The Bertz CT molecular complexity index is 213. The zero-order chi connectivity index (χ0) is 10.3. The average Bonchev–Trinajstić information content (AvgIpc) is 2.01. The smallest absolute Gasteiger partial charge is 0.264 e. The zero-order valence-electron chi connectivity index (χ0n) is 7.09. The Kier molecular flexibility index (Phi) is 6.70. The molecule has 80 valence electrons. The van der Waals surface area contributed by atoms with Gasteiger partial charge in [-0.2, -0.15) is 20.2 Å². The molecular formula is C6H14O5S2. The van der Waals surface area contributed by atoms with Gasteiger partial charge in [0, 0.05) is 5.75 Å². The second-order valence-corrected chi connectivity index (χ2v) is 5.27. The highest BCUT2D eigenvalue weighted by Crippen LogP contribution is 2.05. The Balaban J connectivity index is 3.27. The minimum absolute atomic E-state index is 0.255. The first-order chi connectivity index (χ1) is 5.95. The molecule has 0 aliphatic carbocycles. The van der Waals surface area contributed by atoms with E-state index in [9.17, 15) is 8.42 Å². The molecule has 0 spiro atoms. The van der Waals surface area contributed by atoms with Crippen molar-refractivity contribution in [3.63, 3.8) is 0 Å². The molecule has 0 bridgehead atoms. The maximum atomic E-state index is 10.2. The van der Waals surface area contributed by atoms with Crippen LogP contribution >= 0.6 is 11.8 Å². The summed E-state index contributed by atoms with van der Waals surface area (Å²) in [7, 11) is -3.86. The van der Waals surface area contributed by atoms with Crippen molar-refractivity contribution in [1.29, 1.82) is 0 Å². The average molecular weight is 230 g/mol. The van der Waals surface area contributed by atoms with E-state index in [0.717, 1.165) is 0 Å². The maximum Gasteiger partial charge on any atom is 0.264 e. The van der Waals surface area contributed by atoms with E-state index >= 15 is 0 Å². The molecule has 0 aromatic heterocycles. The lowest BCUT2D eigenvalue weighted by Gasteiger charge is -2.05. The van der Waals surface area contributed by atoms with Crippen molar-refractivity contribution < 1.29 is 23.2 Å². The Morgan fingerprint density at radius 3 is 2.46 bits per heavy atom. The monoisotopic (exact) mass is 230 g/mol. The lowest BCUT2D eigenvalue weighted by molar-refractivity contribution is 0.113. The van der Waals surface area contributed by atoms with Crippen molar-refractivity contribution in [2.24, 2.45) is 0 Å². The largest absolute Gasteiger partial charge is 0.394 e. The Labute approximate surface area is 81.9 Å². The van der Waals surface area contributed by atoms with Crippen LogP contribution in [0.1, 0.15) is 6.42 Å². The van der Waals surface area contributed by atoms with Gasteiger partial charge in [-0.15, -0.1) is 0 Å². The van der Waals surface area contributed by atoms with Gasteiger partial charge in [-0.3, -0.25) is 4.55 Å². The molecular weight excluding hydrogens is 216 g/mol. The first-order valence-corrected chi connectivity index (χ1v) is 6.54. The van der Waals surface area contributed by atoms with Crippen molar-refractivity contribution in [2.75, 3.05) is 23.9 Å². The van der Waals surface area contributed by atoms with Gasteiger partial charge in [0.05, 0.1) is 18.5 Å². The summed E-state index contributed by atoms with van der Waals surface area (Å²) in [5, 5.41) is 17.3. The summed E-state index contributed by atoms with van der Waals surface area (Å²) in [6, 6.07) is 0. The van der Waals surface area contributed by atoms with Crippen LogP contribution in [0.3, 0.4) is 0 Å². The zero-order valence-corrected chi connectivity index (χ0v) is 8.72. The highest BCUT2D eigenvalue weighted by atomic mass is 32.2. The van der Waals surface area contributed by atoms with Crippen LogP contribution in [-0.4, -0.2) is 53.2 Å². The summed E-state index contributed by atoms with van der Waals surface area (Å²) in [5.74, 6) is 0.661. The molecule has 0 saturated carbocycles. The lowest BCUT2D eigenvalue weighted by Crippen LogP contribution is -2.15. The molecule has 7 heteroatoms. The van der Waals surface area contributed by atoms with Crippen LogP contribution in [0, 0.1) is 0 Å². The van der Waals surface area contributed by atoms with Gasteiger partial charge in [-0.05, 0) is 12.2 Å². The molecule has 0 aromatic carbocycles. The van der Waals surface area contributed by atoms with E-state index in [1.165, 1.54) is 11.8 Å². The van der Waals surface area contributed by atoms with Crippen molar-refractivity contribution in [3.8, 4) is 0 Å². The molecule has 0 aliphatic rings. The molecule has 5 nitrogen and oxygen atoms in total. The summed E-state index contributed by atoms with van der Waals surface area (Å²) in [6.45, 7) is -0.286. The third-order valence-electron chi connectivity index (χ3n) is 1.21. The molecule has 0 aliphatic heterocycles. The van der Waals surface area contributed by atoms with Gasteiger partial charge in [0.25, 0.3) is 10.1 Å². The number of aliphatic hydroxyl groups excluding tert-OH is 2. The molecule has 3 N–H and O–H groups in total. The van der Waals surface area contributed by atoms with Crippen LogP contribution in [0.5, 0.6) is 0 Å². The van der Waals surface area contributed by atoms with E-state index in [0.29, 0.717) is 17.9 Å². The van der Waals surface area contributed by atoms with E-state index in [4.69, 9.17) is 14.8 Å². The van der Waals surface area contributed by atoms with Crippen molar-refractivity contribution in [2.45, 2.75) is 12.5 Å². The van der Waals surface area contributed by atoms with E-state index in [2.05, 4.69) is 0 Å². The topological polar surface area (TPSA) is 94.8 Å². The molecule has 1 atom stereocenters. The summed E-state index contributed by atoms with van der Waals surface area (Å²) in [6.07, 6.45) is -0.405. The van der Waals surface area contributed by atoms with Gasteiger partial charge in [-0.25, -0.2) is 0 Å². The highest BCUT2D eigenvalue weighted by molar-refractivity contribution is 7.99. The van der Waals surface area contributed by atoms with Gasteiger partial charge in [0.2, 0.25) is 0 Å². The number of rotatable bonds is 7. The van der Waals surface area contributed by atoms with Gasteiger partial charge in [-0.1, -0.05) is 0 Å². The summed E-state index contributed by atoms with van der Waals surface area (Å²) in [4.78, 5) is 0. The van der Waals surface area contributed by atoms with Crippen LogP contribution in [0.25, 0.3) is 0 Å². The first-order valence-electron chi connectivity index (χ1n) is 3.77. The fourth-order valence-electron chi connectivity index (χ4n) is 0.615. The molecule has 0 rings (SSSR count). The summed E-state index contributed by atoms with van der Waals surface area (Å²) < 4.78 is 28.8. The van der Waals surface area contributed by atoms with Gasteiger partial charge in [0.1, 0.15) is 0 Å². The molecule has 0 radical (unpaired) electrons. The predicted molar refractivity (Wildman–Crippen MR) is 51.5 cm³/mol. The normalized spacial score (nSPS) is 14.4. The molecule has 0 amide bonds. The van der Waals surface area contributed by atoms with Crippen LogP contribution in [0.2, 0.25) is 0 Å². The molecule has 0 saturated heterocycles. The maximum absolute atomic E-state index is 10.2. The van der Waals surface area contributed by atoms with Gasteiger partial charge in [0.15, 0.2) is 0 Å². The number of aliphatic hydroxyl groups is 2. The van der Waals surface area contributed by atoms with Crippen molar-refractivity contribution in [1.82, 2.24) is 0 Å². The van der Waals surface area contributed by atoms with Crippen LogP contribution < -0.4 is 0 Å². The van der Waals surface area contributed by atoms with E-state index < -0.39 is 16.2 Å². The Morgan fingerprint density at radius 1 is 1.38 bits per heavy atom. The van der Waals surface area contributed by atoms with Crippen molar-refractivity contribution >= 4 is 21.9 Å². The minimum Gasteiger partial charge on any atom is -0.394 e. The molecule has 13 heavy (non-hydrogen) atoms. The van der Waals surface area contributed by atoms with Crippen LogP contribution in [0.4, 0.5) is 0 Å². The number of hydrogen-bond donors (Lipinski definition) is 3. The summed E-state index contributed by atoms with van der Waals surface area (Å²) >= 11 is 1.34. The van der Waals surface area contributed by atoms with Crippen molar-refractivity contribution in [3.05, 3.63) is 0 Å². The molecule has 1 unspecified atom stereocenters. The van der Waals surface area contributed by atoms with E-state index in [1.807, 2.05) is 0 Å². The van der Waals surface area contributed by atoms with E-state index in [1.54, 1.807) is 0 Å². The van der Waals surface area contributed by atoms with E-state index in [-0.39, 0.29) is 12.4 Å². The standard InChI is InChI=1S/C6H14O5S2/c7-4-6(8)5-12-2-1-3-13(9,10)11/h6-8H,1-5H2,(H,9,10,11). The molecule has 0 heterocycles. The fraction of sp³-hybridized carbons (Fsp3) is 1.00. The number of thioether (sulfide) groups is 1. The highest BCUT2D eigenvalue weighted by Gasteiger charge is 2.05. The van der Waals surface area contributed by atoms with Gasteiger partial charge < -0.3 is 10.2 Å². The lowest BCUT2D eigenvalue weighted by atomic mass is 10.4. The Hall–Kier alpha value is 0.180. The fourth-order valence-corrected chi connectivity index (χ4v) is 2.20. The SMILES string of the molecule is O=S(=O)(O)CCCSCC(O)CO. The number of hydrogen-bond acceptors (Lipinski definition) is 5. The molecule has 0 fully saturated rings.